The Labute approximate surface area is 176 Å². The molecule has 8 heteroatoms. The summed E-state index contributed by atoms with van der Waals surface area (Å²) in [5, 5.41) is 18.4. The predicted octanol–water partition coefficient (Wildman–Crippen LogP) is 6.28. The fourth-order valence-corrected chi connectivity index (χ4v) is 4.91. The number of para-hydroxylation sites is 1. The zero-order valence-electron chi connectivity index (χ0n) is 15.9. The van der Waals surface area contributed by atoms with Crippen LogP contribution in [-0.2, 0) is 6.54 Å². The quantitative estimate of drug-likeness (QED) is 0.344. The van der Waals surface area contributed by atoms with Crippen LogP contribution in [0.3, 0.4) is 0 Å². The molecule has 0 saturated carbocycles. The Kier molecular flexibility index (Phi) is 5.60. The third-order valence-corrected chi connectivity index (χ3v) is 6.38. The van der Waals surface area contributed by atoms with E-state index in [4.69, 9.17) is 4.74 Å². The molecule has 4 rings (SSSR count). The number of hydrogen-bond acceptors (Lipinski definition) is 8. The van der Waals surface area contributed by atoms with E-state index in [-0.39, 0.29) is 0 Å². The van der Waals surface area contributed by atoms with Gasteiger partial charge in [-0.2, -0.15) is 10.4 Å². The van der Waals surface area contributed by atoms with Gasteiger partial charge in [-0.15, -0.1) is 27.8 Å². The molecule has 3 aromatic heterocycles. The number of azo groups is 1. The summed E-state index contributed by atoms with van der Waals surface area (Å²) in [6.07, 6.45) is 1.43. The SMILES string of the molecule is CCOc1ccccc1-c1sc2c(N=NCc3ccc(C)s3)ncnc2c1C#N. The van der Waals surface area contributed by atoms with Crippen LogP contribution in [0.2, 0.25) is 0 Å². The number of benzene rings is 1. The van der Waals surface area contributed by atoms with Crippen molar-refractivity contribution in [1.29, 1.82) is 5.26 Å². The average molecular weight is 420 g/mol. The molecule has 4 aromatic rings. The third kappa shape index (κ3) is 3.88. The van der Waals surface area contributed by atoms with Crippen LogP contribution in [0.15, 0.2) is 53.0 Å². The molecule has 0 aliphatic carbocycles. The van der Waals surface area contributed by atoms with Crippen LogP contribution in [-0.4, -0.2) is 16.6 Å². The Morgan fingerprint density at radius 2 is 2.00 bits per heavy atom. The number of hydrogen-bond donors (Lipinski definition) is 0. The lowest BCUT2D eigenvalue weighted by molar-refractivity contribution is 0.341. The van der Waals surface area contributed by atoms with Gasteiger partial charge >= 0.3 is 0 Å². The molecular formula is C21H17N5OS2. The molecule has 0 atom stereocenters. The highest BCUT2D eigenvalue weighted by Gasteiger charge is 2.20. The molecule has 0 fully saturated rings. The molecule has 0 amide bonds. The van der Waals surface area contributed by atoms with Crippen molar-refractivity contribution in [3.05, 3.63) is 58.0 Å². The Morgan fingerprint density at radius 3 is 2.76 bits per heavy atom. The molecule has 6 nitrogen and oxygen atoms in total. The maximum absolute atomic E-state index is 9.81. The van der Waals surface area contributed by atoms with Gasteiger partial charge < -0.3 is 4.74 Å². The number of ether oxygens (including phenoxy) is 1. The van der Waals surface area contributed by atoms with Crippen LogP contribution >= 0.6 is 22.7 Å². The van der Waals surface area contributed by atoms with Gasteiger partial charge in [0.05, 0.1) is 23.6 Å². The highest BCUT2D eigenvalue weighted by atomic mass is 32.1. The van der Waals surface area contributed by atoms with Crippen molar-refractivity contribution < 1.29 is 4.74 Å². The summed E-state index contributed by atoms with van der Waals surface area (Å²) < 4.78 is 6.50. The van der Waals surface area contributed by atoms with Gasteiger partial charge in [-0.05, 0) is 38.1 Å². The number of fused-ring (bicyclic) bond motifs is 1. The molecule has 1 aromatic carbocycles. The number of rotatable bonds is 6. The van der Waals surface area contributed by atoms with Crippen LogP contribution in [0.5, 0.6) is 5.75 Å². The summed E-state index contributed by atoms with van der Waals surface area (Å²) in [6.45, 7) is 5.05. The highest BCUT2D eigenvalue weighted by Crippen LogP contribution is 2.43. The van der Waals surface area contributed by atoms with Crippen molar-refractivity contribution in [3.8, 4) is 22.3 Å². The Bertz CT molecular complexity index is 1240. The molecule has 3 heterocycles. The fourth-order valence-electron chi connectivity index (χ4n) is 2.94. The van der Waals surface area contributed by atoms with E-state index in [0.29, 0.717) is 30.0 Å². The number of thiophene rings is 2. The predicted molar refractivity (Wildman–Crippen MR) is 116 cm³/mol. The smallest absolute Gasteiger partial charge is 0.195 e. The zero-order chi connectivity index (χ0) is 20.2. The summed E-state index contributed by atoms with van der Waals surface area (Å²) in [7, 11) is 0. The lowest BCUT2D eigenvalue weighted by Crippen LogP contribution is -1.93. The summed E-state index contributed by atoms with van der Waals surface area (Å²) in [6, 6.07) is 14.1. The maximum atomic E-state index is 9.81. The van der Waals surface area contributed by atoms with Gasteiger partial charge in [0, 0.05) is 15.3 Å². The molecule has 0 N–H and O–H groups in total. The summed E-state index contributed by atoms with van der Waals surface area (Å²) in [5.41, 5.74) is 1.96. The first-order valence-electron chi connectivity index (χ1n) is 9.04. The molecular weight excluding hydrogens is 402 g/mol. The van der Waals surface area contributed by atoms with Crippen LogP contribution in [0, 0.1) is 18.3 Å². The van der Waals surface area contributed by atoms with E-state index in [1.165, 1.54) is 22.5 Å². The van der Waals surface area contributed by atoms with E-state index >= 15 is 0 Å². The standard InChI is InChI=1S/C21H17N5OS2/c1-3-27-17-7-5-4-6-15(17)19-16(10-22)18-20(29-19)21(24-12-23-18)26-25-11-14-9-8-13(2)28-14/h4-9,12H,3,11H2,1-2H3. The normalized spacial score (nSPS) is 11.2. The van der Waals surface area contributed by atoms with Gasteiger partial charge in [0.2, 0.25) is 0 Å². The number of nitriles is 1. The Hall–Kier alpha value is -3.15. The van der Waals surface area contributed by atoms with E-state index in [0.717, 1.165) is 25.8 Å². The Balaban J connectivity index is 1.77. The van der Waals surface area contributed by atoms with Gasteiger partial charge in [-0.3, -0.25) is 0 Å². The molecule has 144 valence electrons. The first-order valence-corrected chi connectivity index (χ1v) is 10.7. The van der Waals surface area contributed by atoms with Crippen molar-refractivity contribution in [3.63, 3.8) is 0 Å². The highest BCUT2D eigenvalue weighted by molar-refractivity contribution is 7.23. The second-order valence-corrected chi connectivity index (χ2v) is 8.53. The van der Waals surface area contributed by atoms with Crippen molar-refractivity contribution in [2.45, 2.75) is 20.4 Å². The van der Waals surface area contributed by atoms with Crippen molar-refractivity contribution in [2.24, 2.45) is 10.2 Å². The average Bonchev–Trinajstić information content (AvgIpc) is 3.32. The van der Waals surface area contributed by atoms with Gasteiger partial charge in [-0.1, -0.05) is 12.1 Å². The van der Waals surface area contributed by atoms with Crippen LogP contribution in [0.25, 0.3) is 20.7 Å². The van der Waals surface area contributed by atoms with Crippen LogP contribution in [0.4, 0.5) is 5.82 Å². The van der Waals surface area contributed by atoms with Gasteiger partial charge in [0.25, 0.3) is 0 Å². The molecule has 0 aliphatic heterocycles. The largest absolute Gasteiger partial charge is 0.493 e. The summed E-state index contributed by atoms with van der Waals surface area (Å²) >= 11 is 3.14. The second-order valence-electron chi connectivity index (χ2n) is 6.13. The first kappa shape index (κ1) is 19.2. The molecule has 0 saturated heterocycles. The monoisotopic (exact) mass is 419 g/mol. The molecule has 0 aliphatic rings. The van der Waals surface area contributed by atoms with Crippen molar-refractivity contribution in [2.75, 3.05) is 6.61 Å². The fraction of sp³-hybridized carbons (Fsp3) is 0.190. The minimum atomic E-state index is 0.477. The van der Waals surface area contributed by atoms with E-state index in [2.05, 4.69) is 45.3 Å². The van der Waals surface area contributed by atoms with Gasteiger partial charge in [-0.25, -0.2) is 9.97 Å². The second kappa shape index (κ2) is 8.47. The molecule has 0 unspecified atom stereocenters. The van der Waals surface area contributed by atoms with Gasteiger partial charge in [0.15, 0.2) is 5.82 Å². The third-order valence-electron chi connectivity index (χ3n) is 4.18. The van der Waals surface area contributed by atoms with Crippen LogP contribution in [0.1, 0.15) is 22.2 Å². The number of aryl methyl sites for hydroxylation is 1. The summed E-state index contributed by atoms with van der Waals surface area (Å²) in [5.74, 6) is 1.21. The lowest BCUT2D eigenvalue weighted by atomic mass is 10.1. The van der Waals surface area contributed by atoms with Crippen molar-refractivity contribution >= 4 is 38.7 Å². The Morgan fingerprint density at radius 1 is 1.14 bits per heavy atom. The van der Waals surface area contributed by atoms with E-state index in [1.807, 2.05) is 31.2 Å². The zero-order valence-corrected chi connectivity index (χ0v) is 17.5. The molecule has 0 spiro atoms. The van der Waals surface area contributed by atoms with E-state index in [9.17, 15) is 5.26 Å². The minimum absolute atomic E-state index is 0.477. The maximum Gasteiger partial charge on any atom is 0.195 e. The molecule has 0 radical (unpaired) electrons. The molecule has 29 heavy (non-hydrogen) atoms. The van der Waals surface area contributed by atoms with Gasteiger partial charge in [0.1, 0.15) is 28.4 Å². The molecule has 0 bridgehead atoms. The number of nitrogens with zero attached hydrogens (tertiary/aromatic N) is 5. The van der Waals surface area contributed by atoms with Crippen molar-refractivity contribution in [1.82, 2.24) is 9.97 Å². The van der Waals surface area contributed by atoms with E-state index in [1.54, 1.807) is 11.3 Å². The van der Waals surface area contributed by atoms with Crippen LogP contribution < -0.4 is 4.74 Å². The minimum Gasteiger partial charge on any atom is -0.493 e. The lowest BCUT2D eigenvalue weighted by Gasteiger charge is -2.08. The first-order chi connectivity index (χ1) is 14.2. The van der Waals surface area contributed by atoms with E-state index < -0.39 is 0 Å². The topological polar surface area (TPSA) is 83.5 Å². The summed E-state index contributed by atoms with van der Waals surface area (Å²) in [4.78, 5) is 11.8. The number of aromatic nitrogens is 2.